The highest BCUT2D eigenvalue weighted by molar-refractivity contribution is 6.01. The van der Waals surface area contributed by atoms with Crippen molar-refractivity contribution in [1.29, 1.82) is 0 Å². The quantitative estimate of drug-likeness (QED) is 0.354. The number of hydrogen-bond acceptors (Lipinski definition) is 5. The normalized spacial score (nSPS) is 17.3. The lowest BCUT2D eigenvalue weighted by atomic mass is 9.96. The predicted molar refractivity (Wildman–Crippen MR) is 140 cm³/mol. The van der Waals surface area contributed by atoms with E-state index in [1.165, 1.54) is 30.3 Å². The van der Waals surface area contributed by atoms with Crippen LogP contribution < -0.4 is 16.0 Å². The Kier molecular flexibility index (Phi) is 6.15. The summed E-state index contributed by atoms with van der Waals surface area (Å²) in [4.78, 5) is 14.4. The number of nitrogens with one attached hydrogen (secondary N) is 2. The van der Waals surface area contributed by atoms with Gasteiger partial charge in [-0.3, -0.25) is 0 Å². The summed E-state index contributed by atoms with van der Waals surface area (Å²) in [5, 5.41) is 16.0. The molecule has 2 aliphatic heterocycles. The first-order valence-corrected chi connectivity index (χ1v) is 12.7. The predicted octanol–water partition coefficient (Wildman–Crippen LogP) is 4.86. The van der Waals surface area contributed by atoms with Gasteiger partial charge in [0.25, 0.3) is 0 Å². The molecule has 1 saturated heterocycles. The van der Waals surface area contributed by atoms with Crippen molar-refractivity contribution < 1.29 is 18.3 Å². The number of rotatable bonds is 5. The second kappa shape index (κ2) is 9.64. The van der Waals surface area contributed by atoms with Gasteiger partial charge in [0.2, 0.25) is 0 Å². The van der Waals surface area contributed by atoms with Gasteiger partial charge in [0.15, 0.2) is 11.7 Å². The Balaban J connectivity index is 1.50. The molecule has 3 aromatic carbocycles. The maximum absolute atomic E-state index is 14.4. The minimum Gasteiger partial charge on any atom is -0.494 e. The number of anilines is 1. The zero-order valence-electron chi connectivity index (χ0n) is 20.7. The van der Waals surface area contributed by atoms with Gasteiger partial charge in [-0.25, -0.2) is 23.2 Å². The van der Waals surface area contributed by atoms with E-state index in [-0.39, 0.29) is 22.8 Å². The van der Waals surface area contributed by atoms with Crippen molar-refractivity contribution in [1.82, 2.24) is 9.88 Å². The van der Waals surface area contributed by atoms with Crippen molar-refractivity contribution in [2.75, 3.05) is 25.0 Å². The summed E-state index contributed by atoms with van der Waals surface area (Å²) >= 11 is 0. The second-order valence-corrected chi connectivity index (χ2v) is 9.68. The molecule has 4 aromatic rings. The highest BCUT2D eigenvalue weighted by atomic mass is 19.1. The highest BCUT2D eigenvalue weighted by Gasteiger charge is 2.24. The Labute approximate surface area is 216 Å². The van der Waals surface area contributed by atoms with Crippen LogP contribution in [0.25, 0.3) is 16.5 Å². The van der Waals surface area contributed by atoms with E-state index in [0.717, 1.165) is 44.2 Å². The zero-order chi connectivity index (χ0) is 26.4. The molecule has 0 saturated carbocycles. The number of halogens is 3. The molecule has 1 fully saturated rings. The summed E-state index contributed by atoms with van der Waals surface area (Å²) in [7, 11) is 0. The van der Waals surface area contributed by atoms with E-state index in [1.54, 1.807) is 0 Å². The largest absolute Gasteiger partial charge is 0.494 e. The van der Waals surface area contributed by atoms with Gasteiger partial charge in [-0.1, -0.05) is 6.92 Å². The second-order valence-electron chi connectivity index (χ2n) is 9.68. The topological polar surface area (TPSA) is 76.0 Å². The Morgan fingerprint density at radius 3 is 2.42 bits per heavy atom. The van der Waals surface area contributed by atoms with Crippen molar-refractivity contribution in [3.63, 3.8) is 0 Å². The number of fused-ring (bicyclic) bond motifs is 2. The lowest BCUT2D eigenvalue weighted by Gasteiger charge is -2.32. The van der Waals surface area contributed by atoms with Crippen molar-refractivity contribution in [3.05, 3.63) is 99.7 Å². The fourth-order valence-electron chi connectivity index (χ4n) is 5.28. The van der Waals surface area contributed by atoms with Crippen LogP contribution in [0.4, 0.5) is 18.9 Å². The first kappa shape index (κ1) is 24.2. The fraction of sp³-hybridized carbons (Fsp3) is 0.241. The van der Waals surface area contributed by atoms with Crippen LogP contribution in [0.3, 0.4) is 0 Å². The molecule has 3 N–H and O–H groups in total. The number of likely N-dealkylation sites (tertiary alicyclic amines) is 1. The molecule has 6 nitrogen and oxygen atoms in total. The lowest BCUT2D eigenvalue weighted by Crippen LogP contribution is -2.38. The Morgan fingerprint density at radius 1 is 0.947 bits per heavy atom. The van der Waals surface area contributed by atoms with Gasteiger partial charge in [0, 0.05) is 53.4 Å². The summed E-state index contributed by atoms with van der Waals surface area (Å²) in [6.45, 7) is 5.25. The average Bonchev–Trinajstić information content (AvgIpc) is 3.44. The lowest BCUT2D eigenvalue weighted by molar-refractivity contribution is 0.229. The molecule has 38 heavy (non-hydrogen) atoms. The minimum absolute atomic E-state index is 0.122. The van der Waals surface area contributed by atoms with Gasteiger partial charge >= 0.3 is 0 Å². The minimum atomic E-state index is -0.778. The van der Waals surface area contributed by atoms with Gasteiger partial charge in [0.1, 0.15) is 17.5 Å². The highest BCUT2D eigenvalue weighted by Crippen LogP contribution is 2.40. The molecule has 0 unspecified atom stereocenters. The zero-order valence-corrected chi connectivity index (χ0v) is 20.7. The number of benzene rings is 3. The van der Waals surface area contributed by atoms with E-state index in [0.29, 0.717) is 33.2 Å². The number of H-pyrrole nitrogens is 1. The fourth-order valence-corrected chi connectivity index (χ4v) is 5.28. The van der Waals surface area contributed by atoms with Crippen LogP contribution in [0.1, 0.15) is 30.9 Å². The summed E-state index contributed by atoms with van der Waals surface area (Å²) < 4.78 is 42.6. The van der Waals surface area contributed by atoms with E-state index >= 15 is 0 Å². The maximum atomic E-state index is 14.4. The molecule has 0 amide bonds. The first-order valence-electron chi connectivity index (χ1n) is 12.7. The molecular formula is C29H26F3N5O. The third kappa shape index (κ3) is 4.54. The molecule has 2 aliphatic rings. The molecule has 0 radical (unpaired) electrons. The molecule has 0 atom stereocenters. The van der Waals surface area contributed by atoms with Crippen LogP contribution in [-0.2, 0) is 0 Å². The number of piperidine rings is 1. The van der Waals surface area contributed by atoms with E-state index in [2.05, 4.69) is 32.1 Å². The number of nitrogens with zero attached hydrogens (tertiary/aromatic N) is 3. The van der Waals surface area contributed by atoms with Gasteiger partial charge < -0.3 is 20.3 Å². The average molecular weight is 518 g/mol. The Bertz CT molecular complexity index is 1680. The van der Waals surface area contributed by atoms with Gasteiger partial charge in [-0.2, -0.15) is 0 Å². The van der Waals surface area contributed by atoms with Crippen LogP contribution in [0.2, 0.25) is 0 Å². The van der Waals surface area contributed by atoms with Crippen LogP contribution in [-0.4, -0.2) is 40.7 Å². The number of hydrogen-bond donors (Lipinski definition) is 3. The molecular weight excluding hydrogens is 491 g/mol. The molecule has 0 spiro atoms. The molecule has 3 heterocycles. The molecule has 1 aromatic heterocycles. The van der Waals surface area contributed by atoms with E-state index in [4.69, 9.17) is 0 Å². The van der Waals surface area contributed by atoms with Crippen LogP contribution >= 0.6 is 0 Å². The summed E-state index contributed by atoms with van der Waals surface area (Å²) in [5.74, 6) is -2.09. The molecule has 0 aliphatic carbocycles. The van der Waals surface area contributed by atoms with Crippen molar-refractivity contribution >= 4 is 22.2 Å². The van der Waals surface area contributed by atoms with Crippen LogP contribution in [0, 0.1) is 17.5 Å². The van der Waals surface area contributed by atoms with Crippen molar-refractivity contribution in [2.45, 2.75) is 25.8 Å². The SMILES string of the molecule is CCN1CCC(Nc2ccc3[nH]c(O)c(C(=C4N=c5ccc(F)cc5=N4)c4cc(F)cc(F)c4)c3c2)CC1. The summed E-state index contributed by atoms with van der Waals surface area (Å²) in [6.07, 6.45) is 2.03. The van der Waals surface area contributed by atoms with E-state index < -0.39 is 17.5 Å². The molecule has 6 rings (SSSR count). The third-order valence-corrected chi connectivity index (χ3v) is 7.20. The standard InChI is InChI=1S/C29H26F3N5O/c1-2-37-9-7-20(8-10-37)33-21-4-6-23-22(15-21)27(29(38)36-23)26(16-11-18(31)13-19(32)12-16)28-34-24-5-3-17(30)14-25(24)35-28/h3-6,11-15,20,33,36,38H,2,7-10H2,1H3. The summed E-state index contributed by atoms with van der Waals surface area (Å²) in [5.41, 5.74) is 2.20. The molecule has 9 heteroatoms. The van der Waals surface area contributed by atoms with Crippen molar-refractivity contribution in [2.24, 2.45) is 9.98 Å². The first-order chi connectivity index (χ1) is 18.4. The van der Waals surface area contributed by atoms with Crippen LogP contribution in [0.5, 0.6) is 5.88 Å². The van der Waals surface area contributed by atoms with E-state index in [9.17, 15) is 18.3 Å². The monoisotopic (exact) mass is 517 g/mol. The van der Waals surface area contributed by atoms with Gasteiger partial charge in [0.05, 0.1) is 16.3 Å². The number of aromatic hydroxyl groups is 1. The smallest absolute Gasteiger partial charge is 0.197 e. The van der Waals surface area contributed by atoms with Crippen LogP contribution in [0.15, 0.2) is 70.4 Å². The number of aromatic amines is 1. The van der Waals surface area contributed by atoms with Gasteiger partial charge in [-0.05, 0) is 67.4 Å². The van der Waals surface area contributed by atoms with Gasteiger partial charge in [-0.15, -0.1) is 0 Å². The Hall–Kier alpha value is -4.11. The summed E-state index contributed by atoms with van der Waals surface area (Å²) in [6, 6.07) is 13.1. The number of aromatic nitrogens is 1. The molecule has 0 bridgehead atoms. The van der Waals surface area contributed by atoms with Crippen molar-refractivity contribution in [3.8, 4) is 5.88 Å². The van der Waals surface area contributed by atoms with E-state index in [1.807, 2.05) is 18.2 Å². The third-order valence-electron chi connectivity index (χ3n) is 7.20. The Morgan fingerprint density at radius 2 is 1.68 bits per heavy atom. The maximum Gasteiger partial charge on any atom is 0.197 e. The molecule has 194 valence electrons.